The number of aromatic amines is 1. The van der Waals surface area contributed by atoms with E-state index in [1.54, 1.807) is 26.1 Å². The summed E-state index contributed by atoms with van der Waals surface area (Å²) in [5.41, 5.74) is 5.65. The van der Waals surface area contributed by atoms with Crippen LogP contribution in [0.1, 0.15) is 24.3 Å². The van der Waals surface area contributed by atoms with E-state index in [9.17, 15) is 14.4 Å². The molecule has 0 unspecified atom stereocenters. The molecule has 0 radical (unpaired) electrons. The van der Waals surface area contributed by atoms with Gasteiger partial charge in [0.05, 0.1) is 6.20 Å². The second kappa shape index (κ2) is 8.90. The maximum absolute atomic E-state index is 12.8. The number of fused-ring (bicyclic) bond motifs is 1. The van der Waals surface area contributed by atoms with E-state index >= 15 is 0 Å². The summed E-state index contributed by atoms with van der Waals surface area (Å²) in [6.07, 6.45) is 5.83. The largest absolute Gasteiger partial charge is 0.370 e. The minimum absolute atomic E-state index is 0.158. The Hall–Kier alpha value is -4.55. The van der Waals surface area contributed by atoms with Crippen molar-refractivity contribution in [1.82, 2.24) is 34.3 Å². The molecule has 0 aliphatic carbocycles. The Morgan fingerprint density at radius 2 is 1.82 bits per heavy atom. The quantitative estimate of drug-likeness (QED) is 0.356. The highest BCUT2D eigenvalue weighted by molar-refractivity contribution is 6.03. The summed E-state index contributed by atoms with van der Waals surface area (Å²) in [4.78, 5) is 59.1. The highest BCUT2D eigenvalue weighted by Gasteiger charge is 2.19. The van der Waals surface area contributed by atoms with Crippen LogP contribution in [0.5, 0.6) is 0 Å². The van der Waals surface area contributed by atoms with Crippen molar-refractivity contribution < 1.29 is 4.79 Å². The number of rotatable bonds is 7. The number of imidazole rings is 1. The fraction of sp³-hybridized carbons (Fsp3) is 0.250. The second-order valence-corrected chi connectivity index (χ2v) is 6.93. The van der Waals surface area contributed by atoms with Gasteiger partial charge in [-0.3, -0.25) is 19.5 Å². The summed E-state index contributed by atoms with van der Waals surface area (Å²) in [6, 6.07) is 3.35. The molecule has 0 aliphatic heterocycles. The van der Waals surface area contributed by atoms with E-state index in [1.165, 1.54) is 34.4 Å². The van der Waals surface area contributed by atoms with E-state index in [-0.39, 0.29) is 22.8 Å². The summed E-state index contributed by atoms with van der Waals surface area (Å²) < 4.78 is 2.15. The van der Waals surface area contributed by atoms with Crippen LogP contribution in [-0.2, 0) is 0 Å². The molecule has 0 aliphatic rings. The fourth-order valence-corrected chi connectivity index (χ4v) is 3.21. The first-order chi connectivity index (χ1) is 16.0. The van der Waals surface area contributed by atoms with Crippen molar-refractivity contribution in [2.24, 2.45) is 0 Å². The molecule has 3 N–H and O–H groups in total. The van der Waals surface area contributed by atoms with E-state index < -0.39 is 11.2 Å². The number of hydrogen-bond acceptors (Lipinski definition) is 9. The lowest BCUT2D eigenvalue weighted by molar-refractivity contribution is 0.0987. The number of amides is 1. The van der Waals surface area contributed by atoms with Gasteiger partial charge in [-0.25, -0.2) is 19.7 Å². The Bertz CT molecular complexity index is 1410. The number of hydrogen-bond donors (Lipinski definition) is 3. The van der Waals surface area contributed by atoms with Gasteiger partial charge in [-0.2, -0.15) is 9.35 Å². The molecule has 4 rings (SSSR count). The van der Waals surface area contributed by atoms with Gasteiger partial charge in [0, 0.05) is 44.3 Å². The first-order valence-corrected chi connectivity index (χ1v) is 10.2. The summed E-state index contributed by atoms with van der Waals surface area (Å²) in [5, 5.41) is 0. The standard InChI is InChI=1S/C20H22N10O3/c1-4-24-29-17-15(19(32)30(20(29)33)25-5-2)26-16(27-17)12-6-7-14(23-10-12)28(3)18(31)13-11-21-8-9-22-13/h6-11,24-25H,4-5H2,1-3H3,(H,26,27). The van der Waals surface area contributed by atoms with Crippen LogP contribution in [0, 0.1) is 0 Å². The highest BCUT2D eigenvalue weighted by atomic mass is 16.2. The van der Waals surface area contributed by atoms with Gasteiger partial charge < -0.3 is 15.8 Å². The van der Waals surface area contributed by atoms with Crippen LogP contribution in [-0.4, -0.2) is 60.3 Å². The molecule has 0 aromatic carbocycles. The normalized spacial score (nSPS) is 10.9. The van der Waals surface area contributed by atoms with E-state index in [0.29, 0.717) is 30.3 Å². The summed E-state index contributed by atoms with van der Waals surface area (Å²) in [6.45, 7) is 4.45. The fourth-order valence-electron chi connectivity index (χ4n) is 3.21. The van der Waals surface area contributed by atoms with E-state index in [1.807, 2.05) is 6.92 Å². The minimum Gasteiger partial charge on any atom is -0.332 e. The van der Waals surface area contributed by atoms with Crippen LogP contribution in [0.15, 0.2) is 46.5 Å². The Morgan fingerprint density at radius 3 is 2.45 bits per heavy atom. The van der Waals surface area contributed by atoms with Crippen LogP contribution in [0.2, 0.25) is 0 Å². The summed E-state index contributed by atoms with van der Waals surface area (Å²) in [5.74, 6) is 0.389. The molecule has 170 valence electrons. The molecule has 33 heavy (non-hydrogen) atoms. The van der Waals surface area contributed by atoms with Gasteiger partial charge in [-0.05, 0) is 26.0 Å². The third-order valence-electron chi connectivity index (χ3n) is 4.78. The van der Waals surface area contributed by atoms with Crippen molar-refractivity contribution >= 4 is 22.9 Å². The second-order valence-electron chi connectivity index (χ2n) is 6.93. The average Bonchev–Trinajstić information content (AvgIpc) is 3.30. The molecule has 4 aromatic rings. The van der Waals surface area contributed by atoms with Crippen molar-refractivity contribution in [3.63, 3.8) is 0 Å². The monoisotopic (exact) mass is 450 g/mol. The van der Waals surface area contributed by atoms with Crippen molar-refractivity contribution in [3.8, 4) is 11.4 Å². The number of H-pyrrole nitrogens is 1. The van der Waals surface area contributed by atoms with Crippen molar-refractivity contribution in [2.45, 2.75) is 13.8 Å². The van der Waals surface area contributed by atoms with E-state index in [2.05, 4.69) is 35.8 Å². The molecule has 0 spiro atoms. The summed E-state index contributed by atoms with van der Waals surface area (Å²) in [7, 11) is 1.58. The zero-order chi connectivity index (χ0) is 23.5. The lowest BCUT2D eigenvalue weighted by atomic mass is 10.2. The third-order valence-corrected chi connectivity index (χ3v) is 4.78. The molecule has 0 saturated carbocycles. The Kier molecular flexibility index (Phi) is 5.85. The predicted molar refractivity (Wildman–Crippen MR) is 122 cm³/mol. The lowest BCUT2D eigenvalue weighted by Gasteiger charge is -2.15. The summed E-state index contributed by atoms with van der Waals surface area (Å²) >= 11 is 0. The van der Waals surface area contributed by atoms with Crippen molar-refractivity contribution in [3.05, 3.63) is 63.5 Å². The Labute approximate surface area is 187 Å². The van der Waals surface area contributed by atoms with Gasteiger partial charge >= 0.3 is 11.2 Å². The molecule has 0 saturated heterocycles. The predicted octanol–water partition coefficient (Wildman–Crippen LogP) is 0.142. The van der Waals surface area contributed by atoms with Crippen LogP contribution in [0.3, 0.4) is 0 Å². The number of carbonyl (C=O) groups excluding carboxylic acids is 1. The van der Waals surface area contributed by atoms with Gasteiger partial charge in [-0.1, -0.05) is 0 Å². The molecule has 0 atom stereocenters. The lowest BCUT2D eigenvalue weighted by Crippen LogP contribution is -2.47. The smallest absolute Gasteiger partial charge is 0.332 e. The number of aromatic nitrogens is 7. The number of nitrogens with zero attached hydrogens (tertiary/aromatic N) is 7. The van der Waals surface area contributed by atoms with E-state index in [4.69, 9.17) is 0 Å². The number of anilines is 1. The first kappa shape index (κ1) is 21.7. The molecule has 0 bridgehead atoms. The average molecular weight is 450 g/mol. The minimum atomic E-state index is -0.577. The number of pyridine rings is 1. The Morgan fingerprint density at radius 1 is 1.06 bits per heavy atom. The SMILES string of the molecule is CCNn1c(=O)c2[nH]c(-c3ccc(N(C)C(=O)c4cnccn4)nc3)nc2n(NCC)c1=O. The highest BCUT2D eigenvalue weighted by Crippen LogP contribution is 2.20. The zero-order valence-corrected chi connectivity index (χ0v) is 18.2. The molecule has 13 heteroatoms. The Balaban J connectivity index is 1.72. The molecule has 13 nitrogen and oxygen atoms in total. The molecule has 4 heterocycles. The number of nitrogens with one attached hydrogen (secondary N) is 3. The first-order valence-electron chi connectivity index (χ1n) is 10.2. The van der Waals surface area contributed by atoms with Crippen molar-refractivity contribution in [1.29, 1.82) is 0 Å². The third kappa shape index (κ3) is 3.91. The molecule has 0 fully saturated rings. The topological polar surface area (TPSA) is 156 Å². The molecular weight excluding hydrogens is 428 g/mol. The van der Waals surface area contributed by atoms with Gasteiger partial charge in [0.25, 0.3) is 5.91 Å². The van der Waals surface area contributed by atoms with Crippen LogP contribution >= 0.6 is 0 Å². The maximum Gasteiger partial charge on any atom is 0.370 e. The van der Waals surface area contributed by atoms with Crippen LogP contribution in [0.25, 0.3) is 22.6 Å². The van der Waals surface area contributed by atoms with Crippen LogP contribution < -0.4 is 27.0 Å². The van der Waals surface area contributed by atoms with Gasteiger partial charge in [0.15, 0.2) is 11.2 Å². The van der Waals surface area contributed by atoms with E-state index in [0.717, 1.165) is 4.68 Å². The van der Waals surface area contributed by atoms with Gasteiger partial charge in [0.2, 0.25) is 0 Å². The molecular formula is C20H22N10O3. The molecule has 4 aromatic heterocycles. The zero-order valence-electron chi connectivity index (χ0n) is 18.2. The number of carbonyl (C=O) groups is 1. The van der Waals surface area contributed by atoms with Gasteiger partial charge in [0.1, 0.15) is 17.3 Å². The molecule has 1 amide bonds. The maximum atomic E-state index is 12.8. The van der Waals surface area contributed by atoms with Gasteiger partial charge in [-0.15, -0.1) is 0 Å². The van der Waals surface area contributed by atoms with Crippen molar-refractivity contribution in [2.75, 3.05) is 35.9 Å². The van der Waals surface area contributed by atoms with Crippen LogP contribution in [0.4, 0.5) is 5.82 Å².